The molecule has 1 saturated carbocycles. The molecule has 1 aromatic carbocycles. The fourth-order valence-corrected chi connectivity index (χ4v) is 3.17. The standard InChI is InChI=1S/C20H19FN8O2/c1-10(11-2-4-13(21)5-3-11)23-18-26-16-12(8-15-17(30)27-20(31)25-15)9-22-29(16)19(28-18)24-14-6-7-14/h2-5,8-10,14,30H,6-7H2,1H3,(H,23,24,28)(H2,25,27,31)/t10-/m0/s1. The number of rotatable bonds is 5. The summed E-state index contributed by atoms with van der Waals surface area (Å²) >= 11 is 0. The van der Waals surface area contributed by atoms with Crippen molar-refractivity contribution in [1.82, 2.24) is 29.5 Å². The van der Waals surface area contributed by atoms with E-state index >= 15 is 0 Å². The van der Waals surface area contributed by atoms with E-state index in [1.165, 1.54) is 16.6 Å². The molecule has 31 heavy (non-hydrogen) atoms. The summed E-state index contributed by atoms with van der Waals surface area (Å²) in [5.74, 6) is -0.236. The third-order valence-electron chi connectivity index (χ3n) is 4.97. The number of nitrogens with zero attached hydrogens (tertiary/aromatic N) is 5. The van der Waals surface area contributed by atoms with E-state index in [4.69, 9.17) is 0 Å². The van der Waals surface area contributed by atoms with Gasteiger partial charge in [0, 0.05) is 5.22 Å². The van der Waals surface area contributed by atoms with Gasteiger partial charge in [-0.25, -0.2) is 14.2 Å². The van der Waals surface area contributed by atoms with Crippen molar-refractivity contribution >= 4 is 17.7 Å². The zero-order valence-corrected chi connectivity index (χ0v) is 16.5. The highest BCUT2D eigenvalue weighted by molar-refractivity contribution is 5.57. The molecule has 1 aliphatic rings. The number of hydrogen-bond donors (Lipinski definition) is 4. The number of aromatic nitrogens is 6. The lowest BCUT2D eigenvalue weighted by Gasteiger charge is -2.14. The van der Waals surface area contributed by atoms with E-state index in [0.717, 1.165) is 18.4 Å². The highest BCUT2D eigenvalue weighted by Gasteiger charge is 2.21. The number of H-pyrrole nitrogens is 2. The first-order valence-electron chi connectivity index (χ1n) is 9.81. The van der Waals surface area contributed by atoms with Gasteiger partial charge < -0.3 is 15.4 Å². The molecular formula is C20H19FN8O2. The molecule has 0 bridgehead atoms. The summed E-state index contributed by atoms with van der Waals surface area (Å²) in [7, 11) is 0. The molecule has 4 aromatic rings. The van der Waals surface area contributed by atoms with Gasteiger partial charge in [0.25, 0.3) is 5.62 Å². The zero-order chi connectivity index (χ0) is 21.5. The molecule has 0 spiro atoms. The first-order valence-corrected chi connectivity index (χ1v) is 9.81. The number of imidazole rings is 1. The Morgan fingerprint density at radius 1 is 1.29 bits per heavy atom. The van der Waals surface area contributed by atoms with Crippen LogP contribution in [0, 0.1) is 5.82 Å². The second-order valence-electron chi connectivity index (χ2n) is 7.45. The van der Waals surface area contributed by atoms with Crippen LogP contribution in [0.2, 0.25) is 0 Å². The Balaban J connectivity index is 1.61. The van der Waals surface area contributed by atoms with Crippen LogP contribution < -0.4 is 21.8 Å². The zero-order valence-electron chi connectivity index (χ0n) is 16.5. The van der Waals surface area contributed by atoms with Crippen LogP contribution in [0.25, 0.3) is 11.7 Å². The summed E-state index contributed by atoms with van der Waals surface area (Å²) < 4.78 is 14.8. The fraction of sp³-hybridized carbons (Fsp3) is 0.250. The van der Waals surface area contributed by atoms with Crippen LogP contribution in [0.1, 0.15) is 37.1 Å². The largest absolute Gasteiger partial charge is 0.493 e. The summed E-state index contributed by atoms with van der Waals surface area (Å²) in [5.41, 5.74) is 1.45. The van der Waals surface area contributed by atoms with Gasteiger partial charge in [0.05, 0.1) is 18.3 Å². The summed E-state index contributed by atoms with van der Waals surface area (Å²) in [6.07, 6.45) is 5.13. The maximum atomic E-state index is 13.2. The van der Waals surface area contributed by atoms with Crippen molar-refractivity contribution in [3.63, 3.8) is 0 Å². The summed E-state index contributed by atoms with van der Waals surface area (Å²) in [5, 5.41) is 18.0. The van der Waals surface area contributed by atoms with E-state index in [1.54, 1.807) is 24.4 Å². The molecule has 10 nitrogen and oxygen atoms in total. The lowest BCUT2D eigenvalue weighted by atomic mass is 10.1. The third-order valence-corrected chi connectivity index (χ3v) is 4.97. The molecule has 158 valence electrons. The first-order chi connectivity index (χ1) is 15.0. The van der Waals surface area contributed by atoms with Crippen molar-refractivity contribution in [2.45, 2.75) is 31.8 Å². The van der Waals surface area contributed by atoms with Crippen molar-refractivity contribution in [2.24, 2.45) is 4.99 Å². The molecule has 0 unspecified atom stereocenters. The van der Waals surface area contributed by atoms with Crippen LogP contribution in [-0.4, -0.2) is 40.7 Å². The minimum atomic E-state index is -0.519. The molecule has 3 heterocycles. The number of halogens is 1. The monoisotopic (exact) mass is 422 g/mol. The number of fused-ring (bicyclic) bond motifs is 1. The predicted octanol–water partition coefficient (Wildman–Crippen LogP) is 0.769. The molecular weight excluding hydrogens is 403 g/mol. The molecule has 1 atom stereocenters. The van der Waals surface area contributed by atoms with Gasteiger partial charge in [-0.3, -0.25) is 4.98 Å². The Kier molecular flexibility index (Phi) is 4.50. The maximum Gasteiger partial charge on any atom is 0.326 e. The van der Waals surface area contributed by atoms with E-state index < -0.39 is 5.69 Å². The van der Waals surface area contributed by atoms with E-state index in [2.05, 4.69) is 35.3 Å². The van der Waals surface area contributed by atoms with Gasteiger partial charge >= 0.3 is 5.69 Å². The summed E-state index contributed by atoms with van der Waals surface area (Å²) in [6.45, 7) is 1.92. The molecule has 3 aromatic heterocycles. The molecule has 0 amide bonds. The SMILES string of the molecule is C[C@H](Nc1nc(=NC2CC2)n2ncc(=Cc3[nH]c(=O)[nH]c3O)c2n1)c1ccc(F)cc1. The highest BCUT2D eigenvalue weighted by Crippen LogP contribution is 2.22. The maximum absolute atomic E-state index is 13.2. The van der Waals surface area contributed by atoms with Crippen LogP contribution in [-0.2, 0) is 0 Å². The van der Waals surface area contributed by atoms with E-state index in [1.807, 2.05) is 6.92 Å². The second kappa shape index (κ2) is 7.35. The van der Waals surface area contributed by atoms with Gasteiger partial charge in [0.2, 0.25) is 11.8 Å². The van der Waals surface area contributed by atoms with Gasteiger partial charge in [-0.2, -0.15) is 19.6 Å². The quantitative estimate of drug-likeness (QED) is 0.375. The second-order valence-corrected chi connectivity index (χ2v) is 7.45. The molecule has 1 aliphatic carbocycles. The lowest BCUT2D eigenvalue weighted by Crippen LogP contribution is -2.25. The molecule has 0 saturated heterocycles. The van der Waals surface area contributed by atoms with E-state index in [9.17, 15) is 14.3 Å². The molecule has 5 rings (SSSR count). The molecule has 0 radical (unpaired) electrons. The Labute approximate surface area is 174 Å². The summed E-state index contributed by atoms with van der Waals surface area (Å²) in [4.78, 5) is 29.9. The average molecular weight is 422 g/mol. The lowest BCUT2D eigenvalue weighted by molar-refractivity contribution is 0.454. The van der Waals surface area contributed by atoms with Gasteiger partial charge in [0.1, 0.15) is 11.5 Å². The van der Waals surface area contributed by atoms with Crippen molar-refractivity contribution in [2.75, 3.05) is 5.32 Å². The van der Waals surface area contributed by atoms with Gasteiger partial charge in [-0.05, 0) is 43.5 Å². The van der Waals surface area contributed by atoms with Gasteiger partial charge in [-0.15, -0.1) is 0 Å². The smallest absolute Gasteiger partial charge is 0.326 e. The average Bonchev–Trinajstić information content (AvgIpc) is 3.37. The van der Waals surface area contributed by atoms with E-state index in [-0.39, 0.29) is 29.5 Å². The Bertz CT molecular complexity index is 1430. The topological polar surface area (TPSA) is 136 Å². The van der Waals surface area contributed by atoms with Crippen LogP contribution in [0.4, 0.5) is 10.3 Å². The van der Waals surface area contributed by atoms with Crippen molar-refractivity contribution < 1.29 is 9.50 Å². The molecule has 11 heteroatoms. The van der Waals surface area contributed by atoms with Crippen molar-refractivity contribution in [1.29, 1.82) is 0 Å². The highest BCUT2D eigenvalue weighted by atomic mass is 19.1. The molecule has 0 aliphatic heterocycles. The van der Waals surface area contributed by atoms with Gasteiger partial charge in [0.15, 0.2) is 5.65 Å². The van der Waals surface area contributed by atoms with Gasteiger partial charge in [-0.1, -0.05) is 12.1 Å². The predicted molar refractivity (Wildman–Crippen MR) is 110 cm³/mol. The number of aromatic hydroxyl groups is 1. The Morgan fingerprint density at radius 3 is 2.74 bits per heavy atom. The molecule has 1 fully saturated rings. The third kappa shape index (κ3) is 3.89. The first kappa shape index (κ1) is 19.0. The van der Waals surface area contributed by atoms with E-state index in [0.29, 0.717) is 22.4 Å². The molecule has 4 N–H and O–H groups in total. The van der Waals surface area contributed by atoms with Crippen molar-refractivity contribution in [3.05, 3.63) is 68.9 Å². The number of aromatic amines is 2. The Hall–Kier alpha value is -4.02. The number of benzene rings is 1. The number of nitrogens with one attached hydrogen (secondary N) is 3. The van der Waals surface area contributed by atoms with Crippen molar-refractivity contribution in [3.8, 4) is 5.88 Å². The summed E-state index contributed by atoms with van der Waals surface area (Å²) in [6, 6.07) is 6.23. The minimum absolute atomic E-state index is 0.183. The fourth-order valence-electron chi connectivity index (χ4n) is 3.17. The number of hydrogen-bond acceptors (Lipinski definition) is 7. The van der Waals surface area contributed by atoms with Crippen LogP contribution in [0.3, 0.4) is 0 Å². The van der Waals surface area contributed by atoms with Crippen LogP contribution >= 0.6 is 0 Å². The number of anilines is 1. The Morgan fingerprint density at radius 2 is 2.06 bits per heavy atom. The minimum Gasteiger partial charge on any atom is -0.493 e. The van der Waals surface area contributed by atoms with Crippen LogP contribution in [0.5, 0.6) is 5.88 Å². The van der Waals surface area contributed by atoms with Crippen LogP contribution in [0.15, 0.2) is 40.2 Å². The normalized spacial score (nSPS) is 16.2.